The van der Waals surface area contributed by atoms with Crippen LogP contribution in [0.2, 0.25) is 0 Å². The summed E-state index contributed by atoms with van der Waals surface area (Å²) in [6.45, 7) is 4.11. The van der Waals surface area contributed by atoms with Crippen LogP contribution < -0.4 is 0 Å². The molecular weight excluding hydrogens is 176 g/mol. The van der Waals surface area contributed by atoms with E-state index in [9.17, 15) is 4.79 Å². The van der Waals surface area contributed by atoms with E-state index in [4.69, 9.17) is 5.11 Å². The highest BCUT2D eigenvalue weighted by atomic mass is 16.4. The SMILES string of the molecule is CC(C)/C=C/c1ccccc1C(=O)O. The van der Waals surface area contributed by atoms with E-state index in [0.29, 0.717) is 11.5 Å². The third-order valence-corrected chi connectivity index (χ3v) is 1.85. The van der Waals surface area contributed by atoms with E-state index in [2.05, 4.69) is 13.8 Å². The quantitative estimate of drug-likeness (QED) is 0.795. The van der Waals surface area contributed by atoms with Gasteiger partial charge in [-0.25, -0.2) is 4.79 Å². The van der Waals surface area contributed by atoms with Crippen molar-refractivity contribution in [3.8, 4) is 0 Å². The lowest BCUT2D eigenvalue weighted by Gasteiger charge is -2.00. The number of carboxylic acid groups (broad SMARTS) is 1. The van der Waals surface area contributed by atoms with Gasteiger partial charge in [0.1, 0.15) is 0 Å². The van der Waals surface area contributed by atoms with Gasteiger partial charge in [0, 0.05) is 0 Å². The highest BCUT2D eigenvalue weighted by molar-refractivity contribution is 5.92. The minimum Gasteiger partial charge on any atom is -0.478 e. The van der Waals surface area contributed by atoms with Gasteiger partial charge in [-0.2, -0.15) is 0 Å². The first kappa shape index (κ1) is 10.5. The van der Waals surface area contributed by atoms with Gasteiger partial charge in [-0.1, -0.05) is 44.2 Å². The van der Waals surface area contributed by atoms with Crippen LogP contribution in [0, 0.1) is 5.92 Å². The summed E-state index contributed by atoms with van der Waals surface area (Å²) >= 11 is 0. The normalized spacial score (nSPS) is 11.1. The van der Waals surface area contributed by atoms with Gasteiger partial charge in [-0.3, -0.25) is 0 Å². The summed E-state index contributed by atoms with van der Waals surface area (Å²) in [5.74, 6) is -0.453. The topological polar surface area (TPSA) is 37.3 Å². The van der Waals surface area contributed by atoms with Crippen molar-refractivity contribution in [2.45, 2.75) is 13.8 Å². The van der Waals surface area contributed by atoms with Crippen LogP contribution >= 0.6 is 0 Å². The Labute approximate surface area is 83.9 Å². The zero-order chi connectivity index (χ0) is 10.6. The molecule has 1 rings (SSSR count). The molecule has 0 saturated heterocycles. The van der Waals surface area contributed by atoms with Gasteiger partial charge in [0.15, 0.2) is 0 Å². The van der Waals surface area contributed by atoms with Crippen LogP contribution in [0.4, 0.5) is 0 Å². The van der Waals surface area contributed by atoms with Crippen LogP contribution in [-0.2, 0) is 0 Å². The van der Waals surface area contributed by atoms with E-state index in [1.165, 1.54) is 0 Å². The van der Waals surface area contributed by atoms with E-state index in [-0.39, 0.29) is 0 Å². The Morgan fingerprint density at radius 1 is 1.36 bits per heavy atom. The molecule has 0 aliphatic rings. The molecule has 0 aliphatic heterocycles. The number of benzene rings is 1. The molecule has 0 spiro atoms. The third-order valence-electron chi connectivity index (χ3n) is 1.85. The summed E-state index contributed by atoms with van der Waals surface area (Å²) < 4.78 is 0. The molecule has 1 N–H and O–H groups in total. The van der Waals surface area contributed by atoms with Crippen molar-refractivity contribution in [1.29, 1.82) is 0 Å². The van der Waals surface area contributed by atoms with Crippen molar-refractivity contribution in [3.05, 3.63) is 41.5 Å². The average Bonchev–Trinajstić information content (AvgIpc) is 2.15. The van der Waals surface area contributed by atoms with Gasteiger partial charge in [-0.05, 0) is 17.5 Å². The number of aromatic carboxylic acids is 1. The predicted octanol–water partition coefficient (Wildman–Crippen LogP) is 3.05. The maximum Gasteiger partial charge on any atom is 0.336 e. The van der Waals surface area contributed by atoms with Crippen molar-refractivity contribution in [2.24, 2.45) is 5.92 Å². The molecule has 0 heterocycles. The first-order valence-electron chi connectivity index (χ1n) is 4.62. The minimum atomic E-state index is -0.881. The third kappa shape index (κ3) is 2.73. The lowest BCUT2D eigenvalue weighted by molar-refractivity contribution is 0.0696. The number of hydrogen-bond donors (Lipinski definition) is 1. The first-order chi connectivity index (χ1) is 6.61. The molecule has 0 amide bonds. The van der Waals surface area contributed by atoms with Gasteiger partial charge >= 0.3 is 5.97 Å². The standard InChI is InChI=1S/C12H14O2/c1-9(2)7-8-10-5-3-4-6-11(10)12(13)14/h3-9H,1-2H3,(H,13,14)/b8-7+. The molecular formula is C12H14O2. The van der Waals surface area contributed by atoms with Crippen LogP contribution in [0.25, 0.3) is 6.08 Å². The van der Waals surface area contributed by atoms with Gasteiger partial charge < -0.3 is 5.11 Å². The summed E-state index contributed by atoms with van der Waals surface area (Å²) in [6.07, 6.45) is 3.84. The van der Waals surface area contributed by atoms with Crippen LogP contribution in [-0.4, -0.2) is 11.1 Å². The summed E-state index contributed by atoms with van der Waals surface area (Å²) in [5.41, 5.74) is 1.11. The van der Waals surface area contributed by atoms with Gasteiger partial charge in [0.2, 0.25) is 0 Å². The predicted molar refractivity (Wildman–Crippen MR) is 57.3 cm³/mol. The van der Waals surface area contributed by atoms with Crippen LogP contribution in [0.15, 0.2) is 30.3 Å². The number of allylic oxidation sites excluding steroid dienone is 1. The summed E-state index contributed by atoms with van der Waals surface area (Å²) in [7, 11) is 0. The Morgan fingerprint density at radius 2 is 2.00 bits per heavy atom. The molecule has 74 valence electrons. The molecule has 0 saturated carbocycles. The van der Waals surface area contributed by atoms with E-state index in [1.54, 1.807) is 12.1 Å². The van der Waals surface area contributed by atoms with Crippen LogP contribution in [0.1, 0.15) is 29.8 Å². The van der Waals surface area contributed by atoms with E-state index in [1.807, 2.05) is 24.3 Å². The number of carboxylic acids is 1. The zero-order valence-electron chi connectivity index (χ0n) is 8.40. The van der Waals surface area contributed by atoms with Crippen molar-refractivity contribution in [2.75, 3.05) is 0 Å². The molecule has 0 unspecified atom stereocenters. The molecule has 0 atom stereocenters. The number of rotatable bonds is 3. The Kier molecular flexibility index (Phi) is 3.46. The second kappa shape index (κ2) is 4.61. The van der Waals surface area contributed by atoms with Crippen LogP contribution in [0.3, 0.4) is 0 Å². The highest BCUT2D eigenvalue weighted by Gasteiger charge is 2.05. The van der Waals surface area contributed by atoms with Crippen molar-refractivity contribution in [1.82, 2.24) is 0 Å². The Bertz CT molecular complexity index is 351. The lowest BCUT2D eigenvalue weighted by Crippen LogP contribution is -1.98. The maximum absolute atomic E-state index is 10.8. The molecule has 2 nitrogen and oxygen atoms in total. The maximum atomic E-state index is 10.8. The molecule has 2 heteroatoms. The Hall–Kier alpha value is -1.57. The first-order valence-corrected chi connectivity index (χ1v) is 4.62. The Balaban J connectivity index is 3.02. The van der Waals surface area contributed by atoms with Crippen molar-refractivity contribution < 1.29 is 9.90 Å². The van der Waals surface area contributed by atoms with Crippen molar-refractivity contribution in [3.63, 3.8) is 0 Å². The molecule has 0 aliphatic carbocycles. The fourth-order valence-electron chi connectivity index (χ4n) is 1.13. The average molecular weight is 190 g/mol. The van der Waals surface area contributed by atoms with E-state index in [0.717, 1.165) is 5.56 Å². The molecule has 0 fully saturated rings. The van der Waals surface area contributed by atoms with Gasteiger partial charge in [0.25, 0.3) is 0 Å². The lowest BCUT2D eigenvalue weighted by atomic mass is 10.1. The zero-order valence-corrected chi connectivity index (χ0v) is 8.40. The second-order valence-electron chi connectivity index (χ2n) is 3.50. The minimum absolute atomic E-state index is 0.351. The fraction of sp³-hybridized carbons (Fsp3) is 0.250. The largest absolute Gasteiger partial charge is 0.478 e. The highest BCUT2D eigenvalue weighted by Crippen LogP contribution is 2.11. The van der Waals surface area contributed by atoms with Crippen LogP contribution in [0.5, 0.6) is 0 Å². The molecule has 1 aromatic rings. The molecule has 14 heavy (non-hydrogen) atoms. The fourth-order valence-corrected chi connectivity index (χ4v) is 1.13. The van der Waals surface area contributed by atoms with Gasteiger partial charge in [0.05, 0.1) is 5.56 Å². The Morgan fingerprint density at radius 3 is 2.57 bits per heavy atom. The van der Waals surface area contributed by atoms with Crippen molar-refractivity contribution >= 4 is 12.0 Å². The second-order valence-corrected chi connectivity index (χ2v) is 3.50. The monoisotopic (exact) mass is 190 g/mol. The smallest absolute Gasteiger partial charge is 0.336 e. The molecule has 1 aromatic carbocycles. The van der Waals surface area contributed by atoms with E-state index >= 15 is 0 Å². The summed E-state index contributed by atoms with van der Waals surface area (Å²) in [6, 6.07) is 6.99. The number of carbonyl (C=O) groups is 1. The molecule has 0 radical (unpaired) electrons. The van der Waals surface area contributed by atoms with Gasteiger partial charge in [-0.15, -0.1) is 0 Å². The molecule has 0 aromatic heterocycles. The number of hydrogen-bond acceptors (Lipinski definition) is 1. The summed E-state index contributed by atoms with van der Waals surface area (Å²) in [4.78, 5) is 10.8. The molecule has 0 bridgehead atoms. The van der Waals surface area contributed by atoms with E-state index < -0.39 is 5.97 Å². The summed E-state index contributed by atoms with van der Waals surface area (Å²) in [5, 5.41) is 8.90.